The summed E-state index contributed by atoms with van der Waals surface area (Å²) in [6.07, 6.45) is -0.177. The summed E-state index contributed by atoms with van der Waals surface area (Å²) in [4.78, 5) is 87.4. The smallest absolute Gasteiger partial charge is 0.288 e. The first-order valence-electron chi connectivity index (χ1n) is 15.4. The molecule has 16 heteroatoms. The highest BCUT2D eigenvalue weighted by atomic mass is 16.4. The fourth-order valence-corrected chi connectivity index (χ4v) is 5.16. The average molecular weight is 681 g/mol. The van der Waals surface area contributed by atoms with Gasteiger partial charge in [-0.1, -0.05) is 44.2 Å². The van der Waals surface area contributed by atoms with E-state index >= 15 is 0 Å². The van der Waals surface area contributed by atoms with Crippen molar-refractivity contribution in [3.8, 4) is 16.9 Å². The predicted molar refractivity (Wildman–Crippen MR) is 175 cm³/mol. The van der Waals surface area contributed by atoms with Crippen LogP contribution in [0.2, 0.25) is 0 Å². The maximum atomic E-state index is 13.3. The van der Waals surface area contributed by atoms with Crippen LogP contribution in [0.1, 0.15) is 51.2 Å². The zero-order valence-electron chi connectivity index (χ0n) is 27.1. The highest BCUT2D eigenvalue weighted by Gasteiger charge is 2.52. The Balaban J connectivity index is 2.01. The molecule has 3 rings (SSSR count). The number of amides is 6. The molecule has 5 atom stereocenters. The number of fused-ring (bicyclic) bond motifs is 1. The SMILES string of the molecule is C/C=C\NC(=O)C[C@H](O)[C@]1(O)C(=O)Nc2c(-c3cc(C[C@H](NC(=O)C(=O)[C@@H](C)CC)C(=O)NC(CC(N)=O)C(N)=O)ccc3O)cccc21. The number of nitrogens with two attached hydrogens (primary N) is 2. The van der Waals surface area contributed by atoms with Crippen LogP contribution in [-0.2, 0) is 45.6 Å². The number of rotatable bonds is 16. The van der Waals surface area contributed by atoms with Gasteiger partial charge in [-0.05, 0) is 37.2 Å². The fraction of sp³-hybridized carbons (Fsp3) is 0.364. The second kappa shape index (κ2) is 16.0. The molecule has 49 heavy (non-hydrogen) atoms. The number of Topliss-reactive ketones (excluding diaryl/α,β-unsaturated/α-hetero) is 1. The summed E-state index contributed by atoms with van der Waals surface area (Å²) >= 11 is 0. The van der Waals surface area contributed by atoms with Gasteiger partial charge in [0.25, 0.3) is 11.8 Å². The quantitative estimate of drug-likeness (QED) is 0.0984. The van der Waals surface area contributed by atoms with E-state index < -0.39 is 83.8 Å². The third-order valence-electron chi connectivity index (χ3n) is 8.09. The minimum atomic E-state index is -2.52. The topological polar surface area (TPSA) is 280 Å². The van der Waals surface area contributed by atoms with E-state index in [9.17, 15) is 48.9 Å². The molecule has 1 aliphatic rings. The number of carbonyl (C=O) groups is 7. The number of aromatic hydroxyl groups is 1. The van der Waals surface area contributed by atoms with Gasteiger partial charge in [0, 0.05) is 29.0 Å². The van der Waals surface area contributed by atoms with Crippen LogP contribution in [0.15, 0.2) is 48.7 Å². The molecule has 0 saturated carbocycles. The zero-order valence-corrected chi connectivity index (χ0v) is 27.1. The number of aliphatic hydroxyl groups is 2. The predicted octanol–water partition coefficient (Wildman–Crippen LogP) is -0.912. The lowest BCUT2D eigenvalue weighted by atomic mass is 9.85. The van der Waals surface area contributed by atoms with Gasteiger partial charge in [0.2, 0.25) is 29.4 Å². The number of ketones is 1. The number of benzene rings is 2. The number of phenolic OH excluding ortho intramolecular Hbond substituents is 1. The standard InChI is InChI=1S/C33H40N6O10/c1-4-11-36-26(43)15-24(41)33(49)20-8-6-7-18(27(20)39-32(33)48)19-12-17(9-10-23(19)40)13-22(38-31(47)28(44)16(3)5-2)30(46)37-21(29(35)45)14-25(34)42/h4,6-12,16,21-22,24,40-41,49H,5,13-15H2,1-3H3,(H2,34,42)(H2,35,45)(H,36,43)(H,37,46)(H,38,47)(H,39,48)/b11-4-/t16-,21?,22-,24-,33-/m0/s1. The molecular weight excluding hydrogens is 640 g/mol. The lowest BCUT2D eigenvalue weighted by Gasteiger charge is -2.26. The minimum absolute atomic E-state index is 0.0351. The van der Waals surface area contributed by atoms with Crippen LogP contribution in [0.4, 0.5) is 5.69 Å². The Morgan fingerprint density at radius 1 is 1.00 bits per heavy atom. The molecule has 1 aliphatic heterocycles. The van der Waals surface area contributed by atoms with Gasteiger partial charge in [-0.15, -0.1) is 0 Å². The number of hydrogen-bond donors (Lipinski definition) is 9. The van der Waals surface area contributed by atoms with Crippen molar-refractivity contribution >= 4 is 46.9 Å². The van der Waals surface area contributed by atoms with E-state index in [0.717, 1.165) is 0 Å². The number of primary amides is 2. The summed E-state index contributed by atoms with van der Waals surface area (Å²) in [6, 6.07) is 5.45. The third kappa shape index (κ3) is 8.65. The second-order valence-corrected chi connectivity index (χ2v) is 11.6. The van der Waals surface area contributed by atoms with Crippen LogP contribution in [-0.4, -0.2) is 74.7 Å². The molecule has 0 aromatic heterocycles. The summed E-state index contributed by atoms with van der Waals surface area (Å²) < 4.78 is 0. The second-order valence-electron chi connectivity index (χ2n) is 11.6. The van der Waals surface area contributed by atoms with Crippen molar-refractivity contribution in [3.63, 3.8) is 0 Å². The number of para-hydroxylation sites is 1. The molecule has 11 N–H and O–H groups in total. The summed E-state index contributed by atoms with van der Waals surface area (Å²) in [5.74, 6) is -7.44. The molecular formula is C33H40N6O10. The normalized spacial score (nSPS) is 17.6. The van der Waals surface area contributed by atoms with E-state index in [2.05, 4.69) is 21.3 Å². The van der Waals surface area contributed by atoms with Gasteiger partial charge in [0.15, 0.2) is 5.60 Å². The van der Waals surface area contributed by atoms with E-state index in [1.807, 2.05) is 0 Å². The lowest BCUT2D eigenvalue weighted by Crippen LogP contribution is -2.55. The van der Waals surface area contributed by atoms with Gasteiger partial charge >= 0.3 is 0 Å². The van der Waals surface area contributed by atoms with Crippen LogP contribution in [0.3, 0.4) is 0 Å². The van der Waals surface area contributed by atoms with Crippen molar-refractivity contribution in [2.75, 3.05) is 5.32 Å². The third-order valence-corrected chi connectivity index (χ3v) is 8.09. The zero-order chi connectivity index (χ0) is 36.6. The Kier molecular flexibility index (Phi) is 12.3. The molecule has 1 unspecified atom stereocenters. The number of phenols is 1. The molecule has 0 spiro atoms. The number of anilines is 1. The van der Waals surface area contributed by atoms with Crippen LogP contribution in [0, 0.1) is 5.92 Å². The van der Waals surface area contributed by atoms with Crippen molar-refractivity contribution in [1.82, 2.24) is 16.0 Å². The maximum absolute atomic E-state index is 13.3. The molecule has 2 aromatic carbocycles. The van der Waals surface area contributed by atoms with Crippen molar-refractivity contribution in [3.05, 3.63) is 59.8 Å². The molecule has 262 valence electrons. The summed E-state index contributed by atoms with van der Waals surface area (Å²) in [5, 5.41) is 42.6. The van der Waals surface area contributed by atoms with Crippen LogP contribution < -0.4 is 32.7 Å². The first-order valence-corrected chi connectivity index (χ1v) is 15.4. The van der Waals surface area contributed by atoms with Crippen molar-refractivity contribution in [1.29, 1.82) is 0 Å². The molecule has 0 bridgehead atoms. The summed E-state index contributed by atoms with van der Waals surface area (Å²) in [6.45, 7) is 4.89. The summed E-state index contributed by atoms with van der Waals surface area (Å²) in [7, 11) is 0. The molecule has 0 aliphatic carbocycles. The highest BCUT2D eigenvalue weighted by molar-refractivity contribution is 6.37. The monoisotopic (exact) mass is 680 g/mol. The van der Waals surface area contributed by atoms with Crippen molar-refractivity contribution in [2.45, 2.75) is 70.2 Å². The minimum Gasteiger partial charge on any atom is -0.507 e. The van der Waals surface area contributed by atoms with Gasteiger partial charge in [-0.3, -0.25) is 33.6 Å². The van der Waals surface area contributed by atoms with E-state index in [-0.39, 0.29) is 34.5 Å². The van der Waals surface area contributed by atoms with Gasteiger partial charge in [0.1, 0.15) is 23.9 Å². The van der Waals surface area contributed by atoms with Crippen LogP contribution >= 0.6 is 0 Å². The molecule has 1 heterocycles. The van der Waals surface area contributed by atoms with Crippen LogP contribution in [0.25, 0.3) is 11.1 Å². The molecule has 0 radical (unpaired) electrons. The maximum Gasteiger partial charge on any atom is 0.288 e. The molecule has 0 saturated heterocycles. The van der Waals surface area contributed by atoms with Gasteiger partial charge in [0.05, 0.1) is 18.5 Å². The fourth-order valence-electron chi connectivity index (χ4n) is 5.16. The number of nitrogens with one attached hydrogen (secondary N) is 4. The Morgan fingerprint density at radius 3 is 2.31 bits per heavy atom. The number of aliphatic hydroxyl groups excluding tert-OH is 1. The van der Waals surface area contributed by atoms with E-state index in [4.69, 9.17) is 11.5 Å². The Hall–Kier alpha value is -5.61. The molecule has 6 amide bonds. The highest BCUT2D eigenvalue weighted by Crippen LogP contribution is 2.46. The van der Waals surface area contributed by atoms with E-state index in [1.165, 1.54) is 49.5 Å². The first-order chi connectivity index (χ1) is 23.0. The number of allylic oxidation sites excluding steroid dienone is 1. The van der Waals surface area contributed by atoms with Gasteiger partial charge in [-0.25, -0.2) is 0 Å². The molecule has 2 aromatic rings. The largest absolute Gasteiger partial charge is 0.507 e. The van der Waals surface area contributed by atoms with Crippen molar-refractivity contribution < 1.29 is 48.9 Å². The number of carbonyl (C=O) groups excluding carboxylic acids is 7. The van der Waals surface area contributed by atoms with E-state index in [0.29, 0.717) is 12.0 Å². The molecule has 0 fully saturated rings. The number of hydrogen-bond acceptors (Lipinski definition) is 10. The first kappa shape index (κ1) is 37.8. The van der Waals surface area contributed by atoms with E-state index in [1.54, 1.807) is 19.9 Å². The average Bonchev–Trinajstić information content (AvgIpc) is 3.32. The van der Waals surface area contributed by atoms with Gasteiger partial charge in [-0.2, -0.15) is 0 Å². The van der Waals surface area contributed by atoms with Crippen LogP contribution in [0.5, 0.6) is 5.75 Å². The lowest BCUT2D eigenvalue weighted by molar-refractivity contribution is -0.150. The Morgan fingerprint density at radius 2 is 1.69 bits per heavy atom. The van der Waals surface area contributed by atoms with Crippen molar-refractivity contribution in [2.24, 2.45) is 17.4 Å². The Labute approximate surface area is 281 Å². The summed E-state index contributed by atoms with van der Waals surface area (Å²) in [5.41, 5.74) is 8.54. The molecule has 16 nitrogen and oxygen atoms in total. The van der Waals surface area contributed by atoms with Gasteiger partial charge < -0.3 is 48.1 Å². The Bertz CT molecular complexity index is 1690.